The predicted molar refractivity (Wildman–Crippen MR) is 86.3 cm³/mol. The molecular formula is C16H20N2O2S. The zero-order chi connectivity index (χ0) is 14.9. The van der Waals surface area contributed by atoms with Gasteiger partial charge in [-0.3, -0.25) is 0 Å². The Hall–Kier alpha value is -1.59. The number of nitrogens with zero attached hydrogens (tertiary/aromatic N) is 1. The number of rotatable bonds is 4. The normalized spacial score (nSPS) is 16.0. The molecule has 1 aliphatic rings. The maximum Gasteiger partial charge on any atom is 0.143 e. The summed E-state index contributed by atoms with van der Waals surface area (Å²) in [7, 11) is 1.71. The Morgan fingerprint density at radius 1 is 1.43 bits per heavy atom. The number of methoxy groups -OCH3 is 1. The largest absolute Gasteiger partial charge is 0.484 e. The lowest BCUT2D eigenvalue weighted by Gasteiger charge is -2.33. The Labute approximate surface area is 129 Å². The molecule has 1 aliphatic heterocycles. The monoisotopic (exact) mass is 304 g/mol. The number of anilines is 1. The first kappa shape index (κ1) is 14.4. The van der Waals surface area contributed by atoms with Crippen molar-refractivity contribution in [1.82, 2.24) is 4.98 Å². The third kappa shape index (κ3) is 3.19. The van der Waals surface area contributed by atoms with E-state index in [2.05, 4.69) is 41.7 Å². The second-order valence-electron chi connectivity index (χ2n) is 5.80. The molecule has 0 aliphatic carbocycles. The second-order valence-corrected chi connectivity index (χ2v) is 6.74. The first-order valence-corrected chi connectivity index (χ1v) is 7.96. The lowest BCUT2D eigenvalue weighted by molar-refractivity contribution is 0.116. The van der Waals surface area contributed by atoms with Gasteiger partial charge in [0, 0.05) is 24.5 Å². The van der Waals surface area contributed by atoms with E-state index >= 15 is 0 Å². The Bertz CT molecular complexity index is 637. The van der Waals surface area contributed by atoms with Crippen molar-refractivity contribution in [2.24, 2.45) is 0 Å². The third-order valence-corrected chi connectivity index (χ3v) is 4.35. The van der Waals surface area contributed by atoms with Crippen molar-refractivity contribution in [3.05, 3.63) is 28.6 Å². The molecule has 5 heteroatoms. The highest BCUT2D eigenvalue weighted by molar-refractivity contribution is 7.09. The zero-order valence-electron chi connectivity index (χ0n) is 12.6. The maximum atomic E-state index is 5.97. The number of nitrogens with one attached hydrogen (secondary N) is 1. The van der Waals surface area contributed by atoms with Gasteiger partial charge in [0.25, 0.3) is 0 Å². The minimum Gasteiger partial charge on any atom is -0.484 e. The average molecular weight is 304 g/mol. The molecular weight excluding hydrogens is 284 g/mol. The molecule has 4 nitrogen and oxygen atoms in total. The van der Waals surface area contributed by atoms with Crippen LogP contribution in [0.2, 0.25) is 0 Å². The summed E-state index contributed by atoms with van der Waals surface area (Å²) in [6, 6.07) is 6.20. The van der Waals surface area contributed by atoms with Gasteiger partial charge in [-0.1, -0.05) is 0 Å². The van der Waals surface area contributed by atoms with E-state index in [0.29, 0.717) is 6.61 Å². The molecule has 1 aromatic carbocycles. The van der Waals surface area contributed by atoms with Gasteiger partial charge in [-0.25, -0.2) is 4.98 Å². The van der Waals surface area contributed by atoms with E-state index in [1.54, 1.807) is 18.4 Å². The van der Waals surface area contributed by atoms with Crippen LogP contribution in [0.4, 0.5) is 5.69 Å². The van der Waals surface area contributed by atoms with Crippen molar-refractivity contribution in [1.29, 1.82) is 0 Å². The smallest absolute Gasteiger partial charge is 0.143 e. The van der Waals surface area contributed by atoms with Crippen LogP contribution in [-0.4, -0.2) is 30.8 Å². The van der Waals surface area contributed by atoms with Gasteiger partial charge < -0.3 is 14.8 Å². The lowest BCUT2D eigenvalue weighted by Crippen LogP contribution is -2.39. The number of hydrogen-bond donors (Lipinski definition) is 1. The van der Waals surface area contributed by atoms with E-state index in [1.807, 2.05) is 6.07 Å². The van der Waals surface area contributed by atoms with Gasteiger partial charge in [-0.2, -0.15) is 0 Å². The van der Waals surface area contributed by atoms with Crippen LogP contribution in [0.15, 0.2) is 23.6 Å². The van der Waals surface area contributed by atoms with E-state index in [9.17, 15) is 0 Å². The van der Waals surface area contributed by atoms with Crippen LogP contribution in [0.5, 0.6) is 5.75 Å². The standard InChI is InChI=1S/C16H20N2O2S/c1-16(2)10-17-12-8-11(4-5-14(12)20-16)13-9-21-15(18-13)6-7-19-3/h4-5,8-9,17H,6-7,10H2,1-3H3. The van der Waals surface area contributed by atoms with Crippen LogP contribution in [0.3, 0.4) is 0 Å². The van der Waals surface area contributed by atoms with E-state index in [1.165, 1.54) is 0 Å². The fourth-order valence-corrected chi connectivity index (χ4v) is 3.09. The van der Waals surface area contributed by atoms with Gasteiger partial charge in [0.1, 0.15) is 11.4 Å². The molecule has 2 aromatic rings. The van der Waals surface area contributed by atoms with Crippen molar-refractivity contribution in [3.8, 4) is 17.0 Å². The molecule has 1 aromatic heterocycles. The topological polar surface area (TPSA) is 43.4 Å². The van der Waals surface area contributed by atoms with Gasteiger partial charge in [-0.05, 0) is 32.0 Å². The van der Waals surface area contributed by atoms with Crippen molar-refractivity contribution >= 4 is 17.0 Å². The minimum absolute atomic E-state index is 0.164. The summed E-state index contributed by atoms with van der Waals surface area (Å²) < 4.78 is 11.1. The van der Waals surface area contributed by atoms with Crippen LogP contribution in [0.25, 0.3) is 11.3 Å². The molecule has 21 heavy (non-hydrogen) atoms. The summed E-state index contributed by atoms with van der Waals surface area (Å²) in [5, 5.41) is 6.64. The van der Waals surface area contributed by atoms with E-state index in [0.717, 1.165) is 40.7 Å². The molecule has 3 rings (SSSR count). The van der Waals surface area contributed by atoms with E-state index < -0.39 is 0 Å². The van der Waals surface area contributed by atoms with Gasteiger partial charge in [0.05, 0.1) is 29.5 Å². The molecule has 0 fully saturated rings. The summed E-state index contributed by atoms with van der Waals surface area (Å²) in [6.45, 7) is 5.68. The predicted octanol–water partition coefficient (Wildman–Crippen LogP) is 3.58. The van der Waals surface area contributed by atoms with Gasteiger partial charge in [0.2, 0.25) is 0 Å². The summed E-state index contributed by atoms with van der Waals surface area (Å²) in [5.74, 6) is 0.907. The first-order valence-electron chi connectivity index (χ1n) is 7.08. The number of benzene rings is 1. The number of fused-ring (bicyclic) bond motifs is 1. The minimum atomic E-state index is -0.164. The van der Waals surface area contributed by atoms with Crippen molar-refractivity contribution < 1.29 is 9.47 Å². The van der Waals surface area contributed by atoms with Gasteiger partial charge >= 0.3 is 0 Å². The molecule has 2 heterocycles. The molecule has 0 amide bonds. The quantitative estimate of drug-likeness (QED) is 0.937. The van der Waals surface area contributed by atoms with Gasteiger partial charge in [0.15, 0.2) is 0 Å². The Morgan fingerprint density at radius 2 is 2.29 bits per heavy atom. The van der Waals surface area contributed by atoms with Crippen molar-refractivity contribution in [3.63, 3.8) is 0 Å². The highest BCUT2D eigenvalue weighted by atomic mass is 32.1. The Balaban J connectivity index is 1.82. The highest BCUT2D eigenvalue weighted by Crippen LogP contribution is 2.36. The Kier molecular flexibility index (Phi) is 3.87. The summed E-state index contributed by atoms with van der Waals surface area (Å²) in [4.78, 5) is 4.67. The molecule has 0 saturated heterocycles. The summed E-state index contributed by atoms with van der Waals surface area (Å²) in [5.41, 5.74) is 3.01. The third-order valence-electron chi connectivity index (χ3n) is 3.44. The van der Waals surface area contributed by atoms with Crippen LogP contribution in [-0.2, 0) is 11.2 Å². The number of ether oxygens (including phenoxy) is 2. The fraction of sp³-hybridized carbons (Fsp3) is 0.438. The molecule has 0 spiro atoms. The average Bonchev–Trinajstić information content (AvgIpc) is 2.92. The van der Waals surface area contributed by atoms with E-state index in [-0.39, 0.29) is 5.60 Å². The Morgan fingerprint density at radius 3 is 3.10 bits per heavy atom. The molecule has 0 saturated carbocycles. The van der Waals surface area contributed by atoms with E-state index in [4.69, 9.17) is 9.47 Å². The maximum absolute atomic E-state index is 5.97. The van der Waals surface area contributed by atoms with Crippen molar-refractivity contribution in [2.75, 3.05) is 25.6 Å². The lowest BCUT2D eigenvalue weighted by atomic mass is 10.1. The zero-order valence-corrected chi connectivity index (χ0v) is 13.4. The number of aromatic nitrogens is 1. The number of thiazole rings is 1. The van der Waals surface area contributed by atoms with Gasteiger partial charge in [-0.15, -0.1) is 11.3 Å². The molecule has 0 atom stereocenters. The fourth-order valence-electron chi connectivity index (χ4n) is 2.31. The van der Waals surface area contributed by atoms with Crippen molar-refractivity contribution in [2.45, 2.75) is 25.9 Å². The molecule has 0 bridgehead atoms. The molecule has 1 N–H and O–H groups in total. The van der Waals surface area contributed by atoms with Crippen LogP contribution >= 0.6 is 11.3 Å². The summed E-state index contributed by atoms with van der Waals surface area (Å²) >= 11 is 1.68. The number of hydrogen-bond acceptors (Lipinski definition) is 5. The summed E-state index contributed by atoms with van der Waals surface area (Å²) in [6.07, 6.45) is 0.863. The molecule has 0 radical (unpaired) electrons. The highest BCUT2D eigenvalue weighted by Gasteiger charge is 2.26. The van der Waals surface area contributed by atoms with Crippen LogP contribution in [0.1, 0.15) is 18.9 Å². The second kappa shape index (κ2) is 5.66. The SMILES string of the molecule is COCCc1nc(-c2ccc3c(c2)NCC(C)(C)O3)cs1. The van der Waals surface area contributed by atoms with Crippen LogP contribution < -0.4 is 10.1 Å². The van der Waals surface area contributed by atoms with Crippen LogP contribution in [0, 0.1) is 0 Å². The molecule has 112 valence electrons. The first-order chi connectivity index (χ1) is 10.1. The molecule has 0 unspecified atom stereocenters.